The topological polar surface area (TPSA) is 75.4 Å². The lowest BCUT2D eigenvalue weighted by Crippen LogP contribution is -2.38. The number of benzene rings is 1. The van der Waals surface area contributed by atoms with Gasteiger partial charge in [0, 0.05) is 25.1 Å². The molecule has 3 aromatic rings. The van der Waals surface area contributed by atoms with Crippen LogP contribution in [0.4, 0.5) is 20.3 Å². The summed E-state index contributed by atoms with van der Waals surface area (Å²) in [7, 11) is 0. The normalized spacial score (nSPS) is 15.4. The summed E-state index contributed by atoms with van der Waals surface area (Å²) in [5.74, 6) is -1.01. The van der Waals surface area contributed by atoms with E-state index in [-0.39, 0.29) is 17.5 Å². The van der Waals surface area contributed by atoms with Gasteiger partial charge in [0.15, 0.2) is 5.65 Å². The van der Waals surface area contributed by atoms with Gasteiger partial charge in [-0.25, -0.2) is 8.78 Å². The van der Waals surface area contributed by atoms with Crippen LogP contribution in [0.25, 0.3) is 5.65 Å². The molecular weight excluding hydrogens is 342 g/mol. The smallest absolute Gasteiger partial charge is 0.227 e. The van der Waals surface area contributed by atoms with Crippen LogP contribution in [-0.4, -0.2) is 38.8 Å². The molecule has 0 bridgehead atoms. The first-order valence-electron chi connectivity index (χ1n) is 8.28. The van der Waals surface area contributed by atoms with Gasteiger partial charge in [-0.1, -0.05) is 0 Å². The Bertz CT molecular complexity index is 951. The van der Waals surface area contributed by atoms with Gasteiger partial charge in [-0.3, -0.25) is 4.79 Å². The molecule has 9 heteroatoms. The number of anilines is 2. The Morgan fingerprint density at radius 2 is 1.96 bits per heavy atom. The summed E-state index contributed by atoms with van der Waals surface area (Å²) in [4.78, 5) is 14.4. The maximum atomic E-state index is 13.7. The number of hydrogen-bond donors (Lipinski definition) is 1. The van der Waals surface area contributed by atoms with Crippen molar-refractivity contribution in [3.63, 3.8) is 0 Å². The maximum absolute atomic E-state index is 13.7. The third-order valence-electron chi connectivity index (χ3n) is 4.52. The van der Waals surface area contributed by atoms with Crippen molar-refractivity contribution < 1.29 is 13.6 Å². The molecule has 1 N–H and O–H groups in total. The summed E-state index contributed by atoms with van der Waals surface area (Å²) in [6.07, 6.45) is 2.74. The van der Waals surface area contributed by atoms with Crippen molar-refractivity contribution >= 4 is 23.1 Å². The zero-order valence-corrected chi connectivity index (χ0v) is 13.8. The quantitative estimate of drug-likeness (QED) is 0.777. The Morgan fingerprint density at radius 3 is 2.77 bits per heavy atom. The lowest BCUT2D eigenvalue weighted by atomic mass is 9.96. The minimum absolute atomic E-state index is 0.128. The van der Waals surface area contributed by atoms with E-state index in [4.69, 9.17) is 0 Å². The van der Waals surface area contributed by atoms with Gasteiger partial charge < -0.3 is 10.2 Å². The largest absolute Gasteiger partial charge is 0.355 e. The monoisotopic (exact) mass is 358 g/mol. The summed E-state index contributed by atoms with van der Waals surface area (Å²) >= 11 is 0. The fourth-order valence-corrected chi connectivity index (χ4v) is 3.09. The Hall–Kier alpha value is -3.10. The molecule has 7 nitrogen and oxygen atoms in total. The third-order valence-corrected chi connectivity index (χ3v) is 4.52. The highest BCUT2D eigenvalue weighted by Crippen LogP contribution is 2.24. The van der Waals surface area contributed by atoms with Crippen molar-refractivity contribution in [3.8, 4) is 0 Å². The summed E-state index contributed by atoms with van der Waals surface area (Å²) in [5, 5.41) is 14.6. The van der Waals surface area contributed by atoms with Crippen LogP contribution >= 0.6 is 0 Å². The highest BCUT2D eigenvalue weighted by atomic mass is 19.1. The van der Waals surface area contributed by atoms with Crippen LogP contribution in [0.1, 0.15) is 12.8 Å². The molecule has 0 radical (unpaired) electrons. The molecule has 1 aliphatic rings. The highest BCUT2D eigenvalue weighted by molar-refractivity contribution is 5.92. The number of nitrogens with one attached hydrogen (secondary N) is 1. The van der Waals surface area contributed by atoms with Gasteiger partial charge in [0.05, 0.1) is 5.69 Å². The fourth-order valence-electron chi connectivity index (χ4n) is 3.09. The summed E-state index contributed by atoms with van der Waals surface area (Å²) < 4.78 is 28.5. The average molecular weight is 358 g/mol. The number of nitrogens with zero attached hydrogens (tertiary/aromatic N) is 5. The Balaban J connectivity index is 1.39. The molecule has 1 aromatic carbocycles. The Labute approximate surface area is 147 Å². The molecule has 1 aliphatic heterocycles. The van der Waals surface area contributed by atoms with Crippen LogP contribution in [0.5, 0.6) is 0 Å². The molecule has 0 atom stereocenters. The minimum atomic E-state index is -0.649. The first-order valence-corrected chi connectivity index (χ1v) is 8.28. The molecule has 1 amide bonds. The summed E-state index contributed by atoms with van der Waals surface area (Å²) in [6, 6.07) is 6.71. The molecule has 26 heavy (non-hydrogen) atoms. The zero-order chi connectivity index (χ0) is 18.1. The molecule has 134 valence electrons. The number of carbonyl (C=O) groups excluding carboxylic acids is 1. The van der Waals surface area contributed by atoms with Gasteiger partial charge in [0.25, 0.3) is 0 Å². The van der Waals surface area contributed by atoms with Crippen LogP contribution in [0.2, 0.25) is 0 Å². The van der Waals surface area contributed by atoms with Gasteiger partial charge in [0.1, 0.15) is 23.8 Å². The van der Waals surface area contributed by atoms with Crippen molar-refractivity contribution in [1.29, 1.82) is 0 Å². The summed E-state index contributed by atoms with van der Waals surface area (Å²) in [5.41, 5.74) is 0.539. The highest BCUT2D eigenvalue weighted by Gasteiger charge is 2.26. The van der Waals surface area contributed by atoms with Crippen LogP contribution in [-0.2, 0) is 4.79 Å². The number of aromatic nitrogens is 4. The maximum Gasteiger partial charge on any atom is 0.227 e. The van der Waals surface area contributed by atoms with Crippen molar-refractivity contribution in [3.05, 3.63) is 48.3 Å². The standard InChI is InChI=1S/C17H16F2N6O/c18-12-1-2-13(19)14(9-12)21-17(26)11-5-7-24(8-6-11)16-4-3-15-22-20-10-25(15)23-16/h1-4,9-11H,5-8H2,(H,21,26). The Kier molecular flexibility index (Phi) is 4.19. The van der Waals surface area contributed by atoms with Crippen molar-refractivity contribution in [2.45, 2.75) is 12.8 Å². The van der Waals surface area contributed by atoms with E-state index in [1.807, 2.05) is 12.1 Å². The molecule has 0 unspecified atom stereocenters. The van der Waals surface area contributed by atoms with Gasteiger partial charge in [0.2, 0.25) is 5.91 Å². The molecule has 1 saturated heterocycles. The number of piperidine rings is 1. The molecule has 0 spiro atoms. The van der Waals surface area contributed by atoms with Crippen LogP contribution in [0, 0.1) is 17.6 Å². The number of amides is 1. The van der Waals surface area contributed by atoms with Crippen molar-refractivity contribution in [1.82, 2.24) is 19.8 Å². The molecule has 0 saturated carbocycles. The molecule has 2 aromatic heterocycles. The number of halogens is 2. The fraction of sp³-hybridized carbons (Fsp3) is 0.294. The van der Waals surface area contributed by atoms with Crippen LogP contribution < -0.4 is 10.2 Å². The second-order valence-electron chi connectivity index (χ2n) is 6.20. The zero-order valence-electron chi connectivity index (χ0n) is 13.8. The van der Waals surface area contributed by atoms with E-state index in [1.54, 1.807) is 4.52 Å². The average Bonchev–Trinajstić information content (AvgIpc) is 3.12. The number of hydrogen-bond acceptors (Lipinski definition) is 5. The van der Waals surface area contributed by atoms with Gasteiger partial charge in [-0.2, -0.15) is 4.52 Å². The second-order valence-corrected chi connectivity index (χ2v) is 6.20. The van der Waals surface area contributed by atoms with E-state index in [2.05, 4.69) is 25.5 Å². The Morgan fingerprint density at radius 1 is 1.15 bits per heavy atom. The first-order chi connectivity index (χ1) is 12.6. The van der Waals surface area contributed by atoms with E-state index in [1.165, 1.54) is 6.33 Å². The second kappa shape index (κ2) is 6.66. The lowest BCUT2D eigenvalue weighted by molar-refractivity contribution is -0.120. The van der Waals surface area contributed by atoms with E-state index in [0.717, 1.165) is 24.0 Å². The van der Waals surface area contributed by atoms with Gasteiger partial charge >= 0.3 is 0 Å². The van der Waals surface area contributed by atoms with E-state index >= 15 is 0 Å². The molecule has 0 aliphatic carbocycles. The molecule has 1 fully saturated rings. The van der Waals surface area contributed by atoms with Crippen molar-refractivity contribution in [2.75, 3.05) is 23.3 Å². The number of rotatable bonds is 3. The van der Waals surface area contributed by atoms with Crippen molar-refractivity contribution in [2.24, 2.45) is 5.92 Å². The molecule has 3 heterocycles. The predicted octanol–water partition coefficient (Wildman–Crippen LogP) is 2.26. The molecule has 4 rings (SSSR count). The van der Waals surface area contributed by atoms with E-state index in [9.17, 15) is 13.6 Å². The third kappa shape index (κ3) is 3.19. The summed E-state index contributed by atoms with van der Waals surface area (Å²) in [6.45, 7) is 1.29. The van der Waals surface area contributed by atoms with Crippen LogP contribution in [0.3, 0.4) is 0 Å². The van der Waals surface area contributed by atoms with E-state index < -0.39 is 11.6 Å². The van der Waals surface area contributed by atoms with Gasteiger partial charge in [-0.15, -0.1) is 15.3 Å². The van der Waals surface area contributed by atoms with Crippen LogP contribution in [0.15, 0.2) is 36.7 Å². The van der Waals surface area contributed by atoms with Gasteiger partial charge in [-0.05, 0) is 37.1 Å². The minimum Gasteiger partial charge on any atom is -0.355 e. The lowest BCUT2D eigenvalue weighted by Gasteiger charge is -2.32. The number of fused-ring (bicyclic) bond motifs is 1. The predicted molar refractivity (Wildman–Crippen MR) is 90.7 cm³/mol. The first kappa shape index (κ1) is 16.4. The number of carbonyl (C=O) groups is 1. The SMILES string of the molecule is O=C(Nc1cc(F)ccc1F)C1CCN(c2ccc3nncn3n2)CC1. The molecular formula is C17H16F2N6O. The van der Waals surface area contributed by atoms with E-state index in [0.29, 0.717) is 31.6 Å².